The van der Waals surface area contributed by atoms with E-state index >= 15 is 0 Å². The third kappa shape index (κ3) is 4.09. The SMILES string of the molecule is Cc1c(-c2[nH]c3sc([C@H]4CC[C@H](C(=O)N5CCNCC5)CC4)c(C)c3c2C(C)C)cn2ncnc2c1C. The van der Waals surface area contributed by atoms with Crippen LogP contribution in [0.3, 0.4) is 0 Å². The molecule has 37 heavy (non-hydrogen) atoms. The van der Waals surface area contributed by atoms with E-state index in [0.717, 1.165) is 57.5 Å². The van der Waals surface area contributed by atoms with E-state index in [2.05, 4.69) is 66.1 Å². The third-order valence-electron chi connectivity index (χ3n) is 8.81. The van der Waals surface area contributed by atoms with E-state index in [9.17, 15) is 4.79 Å². The Balaban J connectivity index is 1.31. The van der Waals surface area contributed by atoms with Crippen LogP contribution in [-0.4, -0.2) is 56.6 Å². The summed E-state index contributed by atoms with van der Waals surface area (Å²) in [7, 11) is 0. The minimum Gasteiger partial charge on any atom is -0.346 e. The second-order valence-corrected chi connectivity index (χ2v) is 12.4. The highest BCUT2D eigenvalue weighted by atomic mass is 32.1. The lowest BCUT2D eigenvalue weighted by molar-refractivity contribution is -0.137. The molecular weight excluding hydrogens is 480 g/mol. The fourth-order valence-corrected chi connectivity index (χ4v) is 8.02. The molecule has 1 aliphatic carbocycles. The summed E-state index contributed by atoms with van der Waals surface area (Å²) in [5, 5.41) is 9.18. The molecule has 6 rings (SSSR count). The van der Waals surface area contributed by atoms with Crippen molar-refractivity contribution in [2.75, 3.05) is 26.2 Å². The van der Waals surface area contributed by atoms with Gasteiger partial charge < -0.3 is 15.2 Å². The van der Waals surface area contributed by atoms with Gasteiger partial charge in [0.25, 0.3) is 0 Å². The predicted octanol–water partition coefficient (Wildman–Crippen LogP) is 5.69. The molecule has 196 valence electrons. The molecule has 8 heteroatoms. The number of aromatic nitrogens is 4. The Hall–Kier alpha value is -2.71. The fourth-order valence-electron chi connectivity index (χ4n) is 6.63. The number of carbonyl (C=O) groups excluding carboxylic acids is 1. The number of amides is 1. The average Bonchev–Trinajstić information content (AvgIpc) is 3.61. The van der Waals surface area contributed by atoms with Crippen molar-refractivity contribution >= 4 is 33.1 Å². The van der Waals surface area contributed by atoms with Gasteiger partial charge in [0.05, 0.1) is 5.69 Å². The first-order valence-corrected chi connectivity index (χ1v) is 14.6. The predicted molar refractivity (Wildman–Crippen MR) is 151 cm³/mol. The van der Waals surface area contributed by atoms with Gasteiger partial charge in [0.15, 0.2) is 5.65 Å². The van der Waals surface area contributed by atoms with Crippen LogP contribution < -0.4 is 5.32 Å². The minimum absolute atomic E-state index is 0.204. The number of H-pyrrole nitrogens is 1. The van der Waals surface area contributed by atoms with Gasteiger partial charge in [0.1, 0.15) is 11.2 Å². The van der Waals surface area contributed by atoms with Crippen molar-refractivity contribution in [1.29, 1.82) is 0 Å². The number of nitrogens with zero attached hydrogens (tertiary/aromatic N) is 4. The molecular formula is C29H38N6OS. The number of pyridine rings is 1. The summed E-state index contributed by atoms with van der Waals surface area (Å²) in [4.78, 5) is 26.2. The molecule has 0 radical (unpaired) electrons. The number of thiophene rings is 1. The van der Waals surface area contributed by atoms with Crippen molar-refractivity contribution in [3.05, 3.63) is 39.7 Å². The Labute approximate surface area is 222 Å². The summed E-state index contributed by atoms with van der Waals surface area (Å²) in [6.07, 6.45) is 7.99. The molecule has 4 aromatic heterocycles. The molecule has 1 amide bonds. The molecule has 4 aromatic rings. The fraction of sp³-hybridized carbons (Fsp3) is 0.552. The lowest BCUT2D eigenvalue weighted by Crippen LogP contribution is -2.48. The molecule has 0 unspecified atom stereocenters. The van der Waals surface area contributed by atoms with Crippen molar-refractivity contribution in [3.63, 3.8) is 0 Å². The van der Waals surface area contributed by atoms with Gasteiger partial charge in [-0.3, -0.25) is 4.79 Å². The van der Waals surface area contributed by atoms with Crippen molar-refractivity contribution in [3.8, 4) is 11.3 Å². The number of carbonyl (C=O) groups is 1. The van der Waals surface area contributed by atoms with E-state index in [-0.39, 0.29) is 5.92 Å². The minimum atomic E-state index is 0.204. The Morgan fingerprint density at radius 3 is 2.49 bits per heavy atom. The Kier molecular flexibility index (Phi) is 6.35. The number of nitrogens with one attached hydrogen (secondary N) is 2. The maximum absolute atomic E-state index is 13.1. The first-order valence-electron chi connectivity index (χ1n) is 13.8. The van der Waals surface area contributed by atoms with Crippen LogP contribution in [0, 0.1) is 26.7 Å². The van der Waals surface area contributed by atoms with E-state index in [1.165, 1.54) is 48.6 Å². The first-order chi connectivity index (χ1) is 17.8. The van der Waals surface area contributed by atoms with Crippen LogP contribution in [-0.2, 0) is 4.79 Å². The number of hydrogen-bond acceptors (Lipinski definition) is 5. The van der Waals surface area contributed by atoms with E-state index < -0.39 is 0 Å². The van der Waals surface area contributed by atoms with Crippen LogP contribution in [0.5, 0.6) is 0 Å². The number of piperazine rings is 1. The highest BCUT2D eigenvalue weighted by Crippen LogP contribution is 2.48. The van der Waals surface area contributed by atoms with Gasteiger partial charge in [0, 0.05) is 54.1 Å². The van der Waals surface area contributed by atoms with E-state index in [1.54, 1.807) is 6.33 Å². The zero-order valence-electron chi connectivity index (χ0n) is 22.6. The molecule has 2 N–H and O–H groups in total. The van der Waals surface area contributed by atoms with Gasteiger partial charge in [-0.15, -0.1) is 11.3 Å². The monoisotopic (exact) mass is 518 g/mol. The second-order valence-electron chi connectivity index (χ2n) is 11.3. The largest absolute Gasteiger partial charge is 0.346 e. The molecule has 0 bridgehead atoms. The molecule has 1 aliphatic heterocycles. The van der Waals surface area contributed by atoms with Gasteiger partial charge >= 0.3 is 0 Å². The van der Waals surface area contributed by atoms with Crippen molar-refractivity contribution in [2.24, 2.45) is 5.92 Å². The lowest BCUT2D eigenvalue weighted by Gasteiger charge is -2.34. The standard InChI is InChI=1S/C29H38N6OS/c1-16(2)23-24-19(5)26(20-6-8-21(9-7-20)29(36)34-12-10-30-11-13-34)37-28(24)33-25(23)22-14-35-27(31-15-32-35)18(4)17(22)3/h14-16,20-21,30,33H,6-13H2,1-5H3/t20-,21-. The zero-order valence-corrected chi connectivity index (χ0v) is 23.5. The molecule has 0 aromatic carbocycles. The highest BCUT2D eigenvalue weighted by molar-refractivity contribution is 7.19. The van der Waals surface area contributed by atoms with Gasteiger partial charge in [-0.2, -0.15) is 5.10 Å². The number of aryl methyl sites for hydroxylation is 2. The Bertz CT molecular complexity index is 1460. The zero-order chi connectivity index (χ0) is 25.8. The normalized spacial score (nSPS) is 21.0. The summed E-state index contributed by atoms with van der Waals surface area (Å²) in [6, 6.07) is 0. The van der Waals surface area contributed by atoms with Gasteiger partial charge in [-0.25, -0.2) is 9.50 Å². The van der Waals surface area contributed by atoms with Crippen molar-refractivity contribution < 1.29 is 4.79 Å². The molecule has 1 saturated heterocycles. The molecule has 0 spiro atoms. The van der Waals surface area contributed by atoms with Gasteiger partial charge in [-0.05, 0) is 80.5 Å². The summed E-state index contributed by atoms with van der Waals surface area (Å²) >= 11 is 1.94. The van der Waals surface area contributed by atoms with E-state index in [1.807, 2.05) is 15.9 Å². The number of fused-ring (bicyclic) bond motifs is 2. The Morgan fingerprint density at radius 1 is 1.05 bits per heavy atom. The highest BCUT2D eigenvalue weighted by Gasteiger charge is 2.33. The molecule has 5 heterocycles. The topological polar surface area (TPSA) is 78.3 Å². The molecule has 1 saturated carbocycles. The Morgan fingerprint density at radius 2 is 1.78 bits per heavy atom. The molecule has 0 atom stereocenters. The van der Waals surface area contributed by atoms with Crippen LogP contribution >= 0.6 is 11.3 Å². The van der Waals surface area contributed by atoms with Crippen LogP contribution in [0.25, 0.3) is 27.1 Å². The smallest absolute Gasteiger partial charge is 0.225 e. The maximum Gasteiger partial charge on any atom is 0.225 e. The maximum atomic E-state index is 13.1. The first kappa shape index (κ1) is 24.6. The molecule has 7 nitrogen and oxygen atoms in total. The van der Waals surface area contributed by atoms with Crippen LogP contribution in [0.15, 0.2) is 12.5 Å². The summed E-state index contributed by atoms with van der Waals surface area (Å²) in [6.45, 7) is 14.8. The van der Waals surface area contributed by atoms with Crippen molar-refractivity contribution in [1.82, 2.24) is 29.8 Å². The number of hydrogen-bond donors (Lipinski definition) is 2. The quantitative estimate of drug-likeness (QED) is 0.364. The summed E-state index contributed by atoms with van der Waals surface area (Å²) < 4.78 is 1.90. The molecule has 2 aliphatic rings. The third-order valence-corrected chi connectivity index (χ3v) is 10.2. The van der Waals surface area contributed by atoms with Crippen LogP contribution in [0.1, 0.15) is 78.5 Å². The lowest BCUT2D eigenvalue weighted by atomic mass is 9.79. The van der Waals surface area contributed by atoms with Crippen LogP contribution in [0.4, 0.5) is 0 Å². The summed E-state index contributed by atoms with van der Waals surface area (Å²) in [5.74, 6) is 1.53. The van der Waals surface area contributed by atoms with Gasteiger partial charge in [-0.1, -0.05) is 13.8 Å². The van der Waals surface area contributed by atoms with E-state index in [0.29, 0.717) is 17.7 Å². The van der Waals surface area contributed by atoms with Crippen molar-refractivity contribution in [2.45, 2.75) is 72.1 Å². The number of rotatable bonds is 4. The number of aromatic amines is 1. The van der Waals surface area contributed by atoms with Gasteiger partial charge in [0.2, 0.25) is 5.91 Å². The second kappa shape index (κ2) is 9.55. The molecule has 2 fully saturated rings. The van der Waals surface area contributed by atoms with E-state index in [4.69, 9.17) is 0 Å². The van der Waals surface area contributed by atoms with Crippen LogP contribution in [0.2, 0.25) is 0 Å². The summed E-state index contributed by atoms with van der Waals surface area (Å²) in [5.41, 5.74) is 8.60. The average molecular weight is 519 g/mol.